The van der Waals surface area contributed by atoms with Crippen molar-refractivity contribution in [3.8, 4) is 0 Å². The lowest BCUT2D eigenvalue weighted by Crippen LogP contribution is -2.43. The van der Waals surface area contributed by atoms with Gasteiger partial charge in [-0.05, 0) is 25.9 Å². The predicted octanol–water partition coefficient (Wildman–Crippen LogP) is -0.0693. The molecule has 0 spiro atoms. The van der Waals surface area contributed by atoms with E-state index in [0.717, 1.165) is 13.0 Å². The molecule has 0 aliphatic carbocycles. The van der Waals surface area contributed by atoms with Gasteiger partial charge in [0.15, 0.2) is 0 Å². The van der Waals surface area contributed by atoms with E-state index in [-0.39, 0.29) is 23.9 Å². The molecule has 0 aromatic heterocycles. The molecule has 8 heteroatoms. The highest BCUT2D eigenvalue weighted by Gasteiger charge is 2.16. The van der Waals surface area contributed by atoms with Crippen LogP contribution in [0, 0.1) is 5.92 Å². The Labute approximate surface area is 129 Å². The molecule has 0 saturated heterocycles. The van der Waals surface area contributed by atoms with Crippen LogP contribution in [0.3, 0.4) is 0 Å². The number of likely N-dealkylation sites (N-methyl/N-ethyl adjacent to an activating group) is 1. The molecule has 118 valence electrons. The van der Waals surface area contributed by atoms with Crippen LogP contribution in [0.1, 0.15) is 20.3 Å². The molecule has 0 fully saturated rings. The minimum atomic E-state index is -0.373. The first-order chi connectivity index (χ1) is 9.38. The van der Waals surface area contributed by atoms with E-state index in [0.29, 0.717) is 17.4 Å². The summed E-state index contributed by atoms with van der Waals surface area (Å²) in [7, 11) is 4.72. The Kier molecular flexibility index (Phi) is 11.0. The molecule has 0 bridgehead atoms. The predicted molar refractivity (Wildman–Crippen MR) is 87.4 cm³/mol. The summed E-state index contributed by atoms with van der Waals surface area (Å²) in [6, 6.07) is -0.693. The molecular formula is C12H26N4O2S2. The van der Waals surface area contributed by atoms with Gasteiger partial charge in [-0.3, -0.25) is 9.59 Å². The van der Waals surface area contributed by atoms with E-state index >= 15 is 0 Å². The maximum absolute atomic E-state index is 11.3. The topological polar surface area (TPSA) is 110 Å². The molecule has 6 N–H and O–H groups in total. The van der Waals surface area contributed by atoms with E-state index in [2.05, 4.69) is 24.5 Å². The lowest BCUT2D eigenvalue weighted by molar-refractivity contribution is -0.120. The highest BCUT2D eigenvalue weighted by Crippen LogP contribution is 2.22. The number of carbonyl (C=O) groups excluding carboxylic acids is 2. The Balaban J connectivity index is 3.91. The lowest BCUT2D eigenvalue weighted by Gasteiger charge is -2.16. The summed E-state index contributed by atoms with van der Waals surface area (Å²) in [6.45, 7) is 5.04. The molecule has 0 aliphatic heterocycles. The normalized spacial score (nSPS) is 14.2. The number of nitrogens with two attached hydrogens (primary N) is 2. The van der Waals surface area contributed by atoms with Crippen molar-refractivity contribution in [3.63, 3.8) is 0 Å². The van der Waals surface area contributed by atoms with Gasteiger partial charge in [0, 0.05) is 11.5 Å². The molecule has 2 amide bonds. The Morgan fingerprint density at radius 3 is 1.95 bits per heavy atom. The van der Waals surface area contributed by atoms with Crippen LogP contribution in [-0.4, -0.2) is 49.0 Å². The number of nitrogens with one attached hydrogen (secondary N) is 2. The zero-order valence-corrected chi connectivity index (χ0v) is 14.0. The van der Waals surface area contributed by atoms with Crippen molar-refractivity contribution >= 4 is 33.4 Å². The van der Waals surface area contributed by atoms with Crippen LogP contribution < -0.4 is 22.1 Å². The van der Waals surface area contributed by atoms with Gasteiger partial charge in [-0.25, -0.2) is 0 Å². The molecule has 0 aliphatic rings. The number of rotatable bonds is 12. The molecular weight excluding hydrogens is 296 g/mol. The first-order valence-corrected chi connectivity index (χ1v) is 9.11. The van der Waals surface area contributed by atoms with E-state index in [1.165, 1.54) is 21.6 Å². The van der Waals surface area contributed by atoms with Gasteiger partial charge < -0.3 is 22.1 Å². The molecule has 6 nitrogen and oxygen atoms in total. The summed E-state index contributed by atoms with van der Waals surface area (Å²) in [6.07, 6.45) is 1.01. The fourth-order valence-electron chi connectivity index (χ4n) is 1.33. The summed E-state index contributed by atoms with van der Waals surface area (Å²) < 4.78 is 0. The highest BCUT2D eigenvalue weighted by atomic mass is 33.1. The van der Waals surface area contributed by atoms with Gasteiger partial charge in [-0.15, -0.1) is 0 Å². The van der Waals surface area contributed by atoms with Crippen molar-refractivity contribution in [2.75, 3.05) is 25.1 Å². The SMILES string of the molecule is CNC(CSSCC(NCCC(C)C)C(N)=O)C(N)=O. The largest absolute Gasteiger partial charge is 0.368 e. The first-order valence-electron chi connectivity index (χ1n) is 6.62. The fraction of sp³-hybridized carbons (Fsp3) is 0.833. The quantitative estimate of drug-likeness (QED) is 0.296. The smallest absolute Gasteiger partial charge is 0.235 e. The minimum absolute atomic E-state index is 0.340. The van der Waals surface area contributed by atoms with E-state index in [9.17, 15) is 9.59 Å². The monoisotopic (exact) mass is 322 g/mol. The van der Waals surface area contributed by atoms with Crippen molar-refractivity contribution in [2.24, 2.45) is 17.4 Å². The zero-order valence-electron chi connectivity index (χ0n) is 12.3. The molecule has 0 heterocycles. The van der Waals surface area contributed by atoms with Crippen molar-refractivity contribution < 1.29 is 9.59 Å². The Bertz CT molecular complexity index is 303. The number of hydrogen-bond donors (Lipinski definition) is 4. The molecule has 20 heavy (non-hydrogen) atoms. The van der Waals surface area contributed by atoms with Gasteiger partial charge in [-0.2, -0.15) is 0 Å². The van der Waals surface area contributed by atoms with Crippen LogP contribution in [0.2, 0.25) is 0 Å². The van der Waals surface area contributed by atoms with Crippen LogP contribution in [0.15, 0.2) is 0 Å². The summed E-state index contributed by atoms with van der Waals surface area (Å²) in [4.78, 5) is 22.3. The maximum atomic E-state index is 11.3. The number of hydrogen-bond acceptors (Lipinski definition) is 6. The van der Waals surface area contributed by atoms with Gasteiger partial charge in [0.1, 0.15) is 0 Å². The number of primary amides is 2. The number of carbonyl (C=O) groups is 2. The lowest BCUT2D eigenvalue weighted by atomic mass is 10.1. The molecule has 0 radical (unpaired) electrons. The van der Waals surface area contributed by atoms with Crippen molar-refractivity contribution in [1.29, 1.82) is 0 Å². The third-order valence-electron chi connectivity index (χ3n) is 2.70. The first kappa shape index (κ1) is 19.6. The molecule has 0 aromatic carbocycles. The minimum Gasteiger partial charge on any atom is -0.368 e. The molecule has 0 saturated carbocycles. The van der Waals surface area contributed by atoms with Crippen LogP contribution in [0.4, 0.5) is 0 Å². The van der Waals surface area contributed by atoms with Gasteiger partial charge in [0.05, 0.1) is 12.1 Å². The molecule has 0 rings (SSSR count). The van der Waals surface area contributed by atoms with E-state index in [4.69, 9.17) is 11.5 Å². The summed E-state index contributed by atoms with van der Waals surface area (Å²) in [5.41, 5.74) is 10.6. The zero-order chi connectivity index (χ0) is 15.5. The second-order valence-electron chi connectivity index (χ2n) is 4.90. The average Bonchev–Trinajstić information content (AvgIpc) is 2.35. The van der Waals surface area contributed by atoms with Gasteiger partial charge in [0.2, 0.25) is 11.8 Å². The van der Waals surface area contributed by atoms with Crippen molar-refractivity contribution in [1.82, 2.24) is 10.6 Å². The second kappa shape index (κ2) is 11.2. The molecule has 0 aromatic rings. The summed E-state index contributed by atoms with van der Waals surface area (Å²) in [5, 5.41) is 6.00. The Morgan fingerprint density at radius 2 is 1.55 bits per heavy atom. The average molecular weight is 323 g/mol. The van der Waals surface area contributed by atoms with E-state index in [1.807, 2.05) is 0 Å². The van der Waals surface area contributed by atoms with Crippen molar-refractivity contribution in [3.05, 3.63) is 0 Å². The second-order valence-corrected chi connectivity index (χ2v) is 7.46. The highest BCUT2D eigenvalue weighted by molar-refractivity contribution is 8.76. The standard InChI is InChI=1S/C12H26N4O2S2/c1-8(2)4-5-16-10(12(14)18)7-20-19-6-9(15-3)11(13)17/h8-10,15-16H,4-7H2,1-3H3,(H2,13,17)(H2,14,18). The third kappa shape index (κ3) is 9.46. The van der Waals surface area contributed by atoms with Crippen LogP contribution >= 0.6 is 21.6 Å². The maximum Gasteiger partial charge on any atom is 0.235 e. The fourth-order valence-corrected chi connectivity index (χ4v) is 3.80. The molecule has 2 atom stereocenters. The van der Waals surface area contributed by atoms with Gasteiger partial charge in [0.25, 0.3) is 0 Å². The Hall–Kier alpha value is -0.440. The van der Waals surface area contributed by atoms with Crippen LogP contribution in [0.5, 0.6) is 0 Å². The van der Waals surface area contributed by atoms with Gasteiger partial charge >= 0.3 is 0 Å². The van der Waals surface area contributed by atoms with Crippen LogP contribution in [0.25, 0.3) is 0 Å². The third-order valence-corrected chi connectivity index (χ3v) is 5.12. The van der Waals surface area contributed by atoms with Crippen LogP contribution in [-0.2, 0) is 9.59 Å². The number of amides is 2. The molecule has 2 unspecified atom stereocenters. The van der Waals surface area contributed by atoms with Crippen molar-refractivity contribution in [2.45, 2.75) is 32.4 Å². The Morgan fingerprint density at radius 1 is 1.05 bits per heavy atom. The van der Waals surface area contributed by atoms with E-state index in [1.54, 1.807) is 7.05 Å². The van der Waals surface area contributed by atoms with Gasteiger partial charge in [-0.1, -0.05) is 35.4 Å². The summed E-state index contributed by atoms with van der Waals surface area (Å²) in [5.74, 6) is 1.01. The van der Waals surface area contributed by atoms with E-state index < -0.39 is 0 Å². The summed E-state index contributed by atoms with van der Waals surface area (Å²) >= 11 is 0.